The SMILES string of the molecule is COc1cc(Cl)cc(Nc2ncc3c(n2)CNC3)c1.Cl. The van der Waals surface area contributed by atoms with E-state index in [1.54, 1.807) is 19.2 Å². The van der Waals surface area contributed by atoms with Crippen molar-refractivity contribution in [2.75, 3.05) is 12.4 Å². The summed E-state index contributed by atoms with van der Waals surface area (Å²) in [7, 11) is 1.60. The summed E-state index contributed by atoms with van der Waals surface area (Å²) >= 11 is 6.02. The number of anilines is 2. The molecule has 1 aromatic heterocycles. The summed E-state index contributed by atoms with van der Waals surface area (Å²) in [5.41, 5.74) is 2.98. The first-order valence-electron chi connectivity index (χ1n) is 5.92. The lowest BCUT2D eigenvalue weighted by Gasteiger charge is -2.08. The number of rotatable bonds is 3. The van der Waals surface area contributed by atoms with Crippen LogP contribution in [0.2, 0.25) is 5.02 Å². The summed E-state index contributed by atoms with van der Waals surface area (Å²) in [5, 5.41) is 6.97. The van der Waals surface area contributed by atoms with Crippen molar-refractivity contribution < 1.29 is 4.74 Å². The predicted octanol–water partition coefficient (Wildman–Crippen LogP) is 2.91. The van der Waals surface area contributed by atoms with E-state index in [0.29, 0.717) is 16.7 Å². The topological polar surface area (TPSA) is 59.1 Å². The Kier molecular flexibility index (Phi) is 4.65. The van der Waals surface area contributed by atoms with Gasteiger partial charge in [0.2, 0.25) is 5.95 Å². The Hall–Kier alpha value is -1.56. The minimum Gasteiger partial charge on any atom is -0.497 e. The smallest absolute Gasteiger partial charge is 0.227 e. The second-order valence-corrected chi connectivity index (χ2v) is 4.71. The van der Waals surface area contributed by atoms with Gasteiger partial charge in [0.1, 0.15) is 5.75 Å². The Bertz CT molecular complexity index is 621. The standard InChI is InChI=1S/C13H13ClN4O.ClH/c1-19-11-3-9(14)2-10(4-11)17-13-16-6-8-5-15-7-12(8)18-13;/h2-4,6,15H,5,7H2,1H3,(H,16,17,18);1H. The molecule has 1 aliphatic heterocycles. The summed E-state index contributed by atoms with van der Waals surface area (Å²) < 4.78 is 5.17. The van der Waals surface area contributed by atoms with Gasteiger partial charge in [0.15, 0.2) is 0 Å². The van der Waals surface area contributed by atoms with Gasteiger partial charge in [0.25, 0.3) is 0 Å². The monoisotopic (exact) mass is 312 g/mol. The minimum atomic E-state index is 0. The number of aromatic nitrogens is 2. The van der Waals surface area contributed by atoms with Gasteiger partial charge in [0, 0.05) is 41.6 Å². The highest BCUT2D eigenvalue weighted by Gasteiger charge is 2.13. The molecule has 5 nitrogen and oxygen atoms in total. The van der Waals surface area contributed by atoms with Crippen molar-refractivity contribution in [3.8, 4) is 5.75 Å². The molecule has 20 heavy (non-hydrogen) atoms. The third kappa shape index (κ3) is 3.12. The molecular weight excluding hydrogens is 299 g/mol. The highest BCUT2D eigenvalue weighted by atomic mass is 35.5. The summed E-state index contributed by atoms with van der Waals surface area (Å²) in [6.07, 6.45) is 1.84. The Balaban J connectivity index is 0.00000147. The van der Waals surface area contributed by atoms with Crippen molar-refractivity contribution in [2.45, 2.75) is 13.1 Å². The minimum absolute atomic E-state index is 0. The van der Waals surface area contributed by atoms with E-state index in [-0.39, 0.29) is 12.4 Å². The number of nitrogens with one attached hydrogen (secondary N) is 2. The number of fused-ring (bicyclic) bond motifs is 1. The number of methoxy groups -OCH3 is 1. The molecule has 0 aliphatic carbocycles. The summed E-state index contributed by atoms with van der Waals surface area (Å²) in [5.74, 6) is 1.25. The summed E-state index contributed by atoms with van der Waals surface area (Å²) in [6, 6.07) is 5.40. The number of ether oxygens (including phenoxy) is 1. The Morgan fingerprint density at radius 2 is 2.15 bits per heavy atom. The lowest BCUT2D eigenvalue weighted by atomic mass is 10.3. The molecule has 3 rings (SSSR count). The zero-order valence-electron chi connectivity index (χ0n) is 10.8. The molecule has 0 spiro atoms. The second-order valence-electron chi connectivity index (χ2n) is 4.27. The van der Waals surface area contributed by atoms with E-state index in [1.807, 2.05) is 12.3 Å². The maximum Gasteiger partial charge on any atom is 0.227 e. The van der Waals surface area contributed by atoms with Crippen LogP contribution in [0, 0.1) is 0 Å². The predicted molar refractivity (Wildman–Crippen MR) is 81.1 cm³/mol. The first kappa shape index (κ1) is 14.8. The highest BCUT2D eigenvalue weighted by Crippen LogP contribution is 2.26. The number of benzene rings is 1. The van der Waals surface area contributed by atoms with E-state index in [9.17, 15) is 0 Å². The van der Waals surface area contributed by atoms with Crippen molar-refractivity contribution in [1.29, 1.82) is 0 Å². The number of hydrogen-bond donors (Lipinski definition) is 2. The third-order valence-corrected chi connectivity index (χ3v) is 3.14. The molecule has 106 valence electrons. The number of halogens is 2. The average molecular weight is 313 g/mol. The molecule has 0 bridgehead atoms. The molecular formula is C13H14Cl2N4O. The van der Waals surface area contributed by atoms with Crippen LogP contribution in [-0.4, -0.2) is 17.1 Å². The normalized spacial score (nSPS) is 12.5. The molecule has 0 fully saturated rings. The van der Waals surface area contributed by atoms with Crippen LogP contribution in [0.4, 0.5) is 11.6 Å². The maximum atomic E-state index is 6.02. The first-order valence-corrected chi connectivity index (χ1v) is 6.29. The molecule has 0 radical (unpaired) electrons. The lowest BCUT2D eigenvalue weighted by molar-refractivity contribution is 0.415. The molecule has 2 aromatic rings. The summed E-state index contributed by atoms with van der Waals surface area (Å²) in [6.45, 7) is 1.62. The largest absolute Gasteiger partial charge is 0.497 e. The van der Waals surface area contributed by atoms with Gasteiger partial charge in [-0.2, -0.15) is 0 Å². The van der Waals surface area contributed by atoms with Crippen molar-refractivity contribution in [3.63, 3.8) is 0 Å². The molecule has 0 atom stereocenters. The van der Waals surface area contributed by atoms with E-state index in [4.69, 9.17) is 16.3 Å². The van der Waals surface area contributed by atoms with Crippen LogP contribution in [0.1, 0.15) is 11.3 Å². The van der Waals surface area contributed by atoms with Crippen LogP contribution in [0.25, 0.3) is 0 Å². The maximum absolute atomic E-state index is 6.02. The second kappa shape index (κ2) is 6.26. The molecule has 1 aliphatic rings. The molecule has 2 N–H and O–H groups in total. The Labute approximate surface area is 128 Å². The van der Waals surface area contributed by atoms with Gasteiger partial charge < -0.3 is 15.4 Å². The van der Waals surface area contributed by atoms with E-state index >= 15 is 0 Å². The zero-order chi connectivity index (χ0) is 13.2. The quantitative estimate of drug-likeness (QED) is 0.912. The van der Waals surface area contributed by atoms with Crippen molar-refractivity contribution in [1.82, 2.24) is 15.3 Å². The van der Waals surface area contributed by atoms with Crippen LogP contribution in [-0.2, 0) is 13.1 Å². The van der Waals surface area contributed by atoms with Crippen molar-refractivity contribution in [3.05, 3.63) is 40.7 Å². The fourth-order valence-corrected chi connectivity index (χ4v) is 2.23. The molecule has 1 aromatic carbocycles. The molecule has 0 saturated carbocycles. The van der Waals surface area contributed by atoms with Gasteiger partial charge in [-0.25, -0.2) is 9.97 Å². The zero-order valence-corrected chi connectivity index (χ0v) is 12.4. The third-order valence-electron chi connectivity index (χ3n) is 2.93. The van der Waals surface area contributed by atoms with Crippen LogP contribution < -0.4 is 15.4 Å². The van der Waals surface area contributed by atoms with Gasteiger partial charge in [-0.05, 0) is 12.1 Å². The Morgan fingerprint density at radius 3 is 2.95 bits per heavy atom. The fourth-order valence-electron chi connectivity index (χ4n) is 2.00. The van der Waals surface area contributed by atoms with Crippen LogP contribution in [0.5, 0.6) is 5.75 Å². The van der Waals surface area contributed by atoms with Gasteiger partial charge in [-0.1, -0.05) is 11.6 Å². The Morgan fingerprint density at radius 1 is 1.30 bits per heavy atom. The van der Waals surface area contributed by atoms with Gasteiger partial charge in [0.05, 0.1) is 12.8 Å². The molecule has 0 saturated heterocycles. The van der Waals surface area contributed by atoms with E-state index in [2.05, 4.69) is 20.6 Å². The molecule has 0 unspecified atom stereocenters. The fraction of sp³-hybridized carbons (Fsp3) is 0.231. The summed E-state index contributed by atoms with van der Waals surface area (Å²) in [4.78, 5) is 8.75. The molecule has 7 heteroatoms. The van der Waals surface area contributed by atoms with Crippen LogP contribution in [0.3, 0.4) is 0 Å². The van der Waals surface area contributed by atoms with Crippen molar-refractivity contribution >= 4 is 35.6 Å². The van der Waals surface area contributed by atoms with E-state index < -0.39 is 0 Å². The average Bonchev–Trinajstić information content (AvgIpc) is 2.85. The highest BCUT2D eigenvalue weighted by molar-refractivity contribution is 6.31. The van der Waals surface area contributed by atoms with Crippen LogP contribution in [0.15, 0.2) is 24.4 Å². The first-order chi connectivity index (χ1) is 9.24. The number of nitrogens with zero attached hydrogens (tertiary/aromatic N) is 2. The van der Waals surface area contributed by atoms with Gasteiger partial charge in [-0.3, -0.25) is 0 Å². The van der Waals surface area contributed by atoms with Gasteiger partial charge in [-0.15, -0.1) is 12.4 Å². The molecule has 2 heterocycles. The van der Waals surface area contributed by atoms with Crippen molar-refractivity contribution in [2.24, 2.45) is 0 Å². The number of hydrogen-bond acceptors (Lipinski definition) is 5. The lowest BCUT2D eigenvalue weighted by Crippen LogP contribution is -2.01. The van der Waals surface area contributed by atoms with Gasteiger partial charge >= 0.3 is 0 Å². The van der Waals surface area contributed by atoms with Crippen LogP contribution >= 0.6 is 24.0 Å². The van der Waals surface area contributed by atoms with E-state index in [0.717, 1.165) is 30.0 Å². The van der Waals surface area contributed by atoms with E-state index in [1.165, 1.54) is 0 Å². The molecule has 0 amide bonds.